The molecule has 0 radical (unpaired) electrons. The quantitative estimate of drug-likeness (QED) is 0.317. The number of imidazole rings is 1. The van der Waals surface area contributed by atoms with Gasteiger partial charge in [-0.2, -0.15) is 5.26 Å². The smallest absolute Gasteiger partial charge is 0.205 e. The van der Waals surface area contributed by atoms with E-state index in [4.69, 9.17) is 11.1 Å². The number of nitrogens with two attached hydrogens (primary N) is 1. The Bertz CT molecular complexity index is 1310. The highest BCUT2D eigenvalue weighted by Crippen LogP contribution is 2.36. The molecule has 1 aromatic carbocycles. The second kappa shape index (κ2) is 10.4. The number of hydrogen-bond acceptors (Lipinski definition) is 6. The van der Waals surface area contributed by atoms with Gasteiger partial charge in [-0.25, -0.2) is 13.8 Å². The minimum absolute atomic E-state index is 0.198. The number of aromatic amines is 1. The molecular formula is C27H29F2N7. The maximum Gasteiger partial charge on any atom is 0.205 e. The molecule has 1 fully saturated rings. The SMILES string of the molecule is CC(C)(C#N)c1cc(F)c(C(=N)/C=C\c2cnc(Nc3cnccc3C3CCCC(N)C3)[nH]2)c(F)c1. The molecule has 2 aromatic heterocycles. The lowest BCUT2D eigenvalue weighted by atomic mass is 9.81. The normalized spacial score (nSPS) is 18.2. The van der Waals surface area contributed by atoms with E-state index >= 15 is 0 Å². The number of rotatable bonds is 7. The molecule has 0 aliphatic heterocycles. The third-order valence-corrected chi connectivity index (χ3v) is 6.60. The lowest BCUT2D eigenvalue weighted by Crippen LogP contribution is -2.27. The van der Waals surface area contributed by atoms with Crippen LogP contribution >= 0.6 is 0 Å². The van der Waals surface area contributed by atoms with Crippen molar-refractivity contribution in [3.8, 4) is 6.07 Å². The van der Waals surface area contributed by atoms with E-state index in [1.807, 2.05) is 12.1 Å². The van der Waals surface area contributed by atoms with Gasteiger partial charge in [-0.15, -0.1) is 0 Å². The van der Waals surface area contributed by atoms with E-state index in [2.05, 4.69) is 20.3 Å². The zero-order chi connectivity index (χ0) is 25.9. The van der Waals surface area contributed by atoms with Gasteiger partial charge in [-0.1, -0.05) is 6.42 Å². The summed E-state index contributed by atoms with van der Waals surface area (Å²) in [5.74, 6) is -0.942. The number of nitriles is 1. The molecule has 2 heterocycles. The largest absolute Gasteiger partial charge is 0.328 e. The summed E-state index contributed by atoms with van der Waals surface area (Å²) < 4.78 is 29.3. The Labute approximate surface area is 209 Å². The van der Waals surface area contributed by atoms with Crippen molar-refractivity contribution in [2.45, 2.75) is 56.9 Å². The first-order valence-electron chi connectivity index (χ1n) is 11.9. The molecule has 2 atom stereocenters. The van der Waals surface area contributed by atoms with Gasteiger partial charge in [0.1, 0.15) is 11.6 Å². The molecule has 9 heteroatoms. The van der Waals surface area contributed by atoms with Gasteiger partial charge in [-0.3, -0.25) is 4.98 Å². The van der Waals surface area contributed by atoms with E-state index in [0.717, 1.165) is 49.1 Å². The fraction of sp³-hybridized carbons (Fsp3) is 0.333. The monoisotopic (exact) mass is 489 g/mol. The molecule has 4 rings (SSSR count). The van der Waals surface area contributed by atoms with Crippen LogP contribution in [0, 0.1) is 28.4 Å². The van der Waals surface area contributed by atoms with Crippen molar-refractivity contribution in [3.05, 3.63) is 76.9 Å². The summed E-state index contributed by atoms with van der Waals surface area (Å²) in [6.45, 7) is 3.16. The highest BCUT2D eigenvalue weighted by atomic mass is 19.1. The molecule has 1 aliphatic carbocycles. The molecule has 5 N–H and O–H groups in total. The van der Waals surface area contributed by atoms with E-state index in [1.165, 1.54) is 12.2 Å². The second-order valence-corrected chi connectivity index (χ2v) is 9.70. The van der Waals surface area contributed by atoms with Crippen LogP contribution in [0.5, 0.6) is 0 Å². The summed E-state index contributed by atoms with van der Waals surface area (Å²) in [6.07, 6.45) is 12.0. The van der Waals surface area contributed by atoms with Crippen molar-refractivity contribution in [2.75, 3.05) is 5.32 Å². The van der Waals surface area contributed by atoms with Crippen LogP contribution in [-0.2, 0) is 5.41 Å². The summed E-state index contributed by atoms with van der Waals surface area (Å²) in [5, 5.41) is 20.7. The van der Waals surface area contributed by atoms with Crippen LogP contribution in [0.2, 0.25) is 0 Å². The maximum atomic E-state index is 14.6. The fourth-order valence-electron chi connectivity index (χ4n) is 4.50. The number of hydrogen-bond donors (Lipinski definition) is 4. The average molecular weight is 490 g/mol. The number of H-pyrrole nitrogens is 1. The highest BCUT2D eigenvalue weighted by Gasteiger charge is 2.25. The lowest BCUT2D eigenvalue weighted by Gasteiger charge is -2.28. The molecule has 186 valence electrons. The number of aromatic nitrogens is 3. The molecule has 3 aromatic rings. The predicted molar refractivity (Wildman–Crippen MR) is 136 cm³/mol. The number of pyridine rings is 1. The molecule has 0 spiro atoms. The first-order chi connectivity index (χ1) is 17.2. The van der Waals surface area contributed by atoms with Crippen molar-refractivity contribution in [2.24, 2.45) is 5.73 Å². The van der Waals surface area contributed by atoms with Gasteiger partial charge >= 0.3 is 0 Å². The molecule has 36 heavy (non-hydrogen) atoms. The van der Waals surface area contributed by atoms with Gasteiger partial charge in [0, 0.05) is 12.2 Å². The van der Waals surface area contributed by atoms with Crippen molar-refractivity contribution >= 4 is 23.4 Å². The zero-order valence-corrected chi connectivity index (χ0v) is 20.3. The van der Waals surface area contributed by atoms with Crippen molar-refractivity contribution in [1.29, 1.82) is 10.7 Å². The van der Waals surface area contributed by atoms with Crippen LogP contribution in [0.1, 0.15) is 67.8 Å². The Morgan fingerprint density at radius 1 is 1.28 bits per heavy atom. The molecule has 1 saturated carbocycles. The van der Waals surface area contributed by atoms with Gasteiger partial charge in [0.2, 0.25) is 5.95 Å². The van der Waals surface area contributed by atoms with E-state index in [1.54, 1.807) is 32.4 Å². The van der Waals surface area contributed by atoms with Crippen LogP contribution in [0.15, 0.2) is 42.9 Å². The third kappa shape index (κ3) is 5.50. The van der Waals surface area contributed by atoms with Crippen molar-refractivity contribution in [1.82, 2.24) is 15.0 Å². The number of nitrogens with zero attached hydrogens (tertiary/aromatic N) is 3. The minimum Gasteiger partial charge on any atom is -0.328 e. The summed E-state index contributed by atoms with van der Waals surface area (Å²) in [5.41, 5.74) is 7.10. The Balaban J connectivity index is 1.48. The molecule has 0 bridgehead atoms. The Morgan fingerprint density at radius 2 is 2.03 bits per heavy atom. The highest BCUT2D eigenvalue weighted by molar-refractivity contribution is 6.09. The van der Waals surface area contributed by atoms with E-state index in [-0.39, 0.29) is 17.3 Å². The van der Waals surface area contributed by atoms with E-state index in [9.17, 15) is 14.0 Å². The number of allylic oxidation sites excluding steroid dienone is 1. The molecular weight excluding hydrogens is 460 g/mol. The molecule has 0 amide bonds. The molecule has 2 unspecified atom stereocenters. The maximum absolute atomic E-state index is 14.6. The molecule has 0 saturated heterocycles. The number of anilines is 2. The van der Waals surface area contributed by atoms with Gasteiger partial charge < -0.3 is 21.4 Å². The summed E-state index contributed by atoms with van der Waals surface area (Å²) >= 11 is 0. The third-order valence-electron chi connectivity index (χ3n) is 6.60. The summed E-state index contributed by atoms with van der Waals surface area (Å²) in [6, 6.07) is 6.43. The zero-order valence-electron chi connectivity index (χ0n) is 20.3. The fourth-order valence-corrected chi connectivity index (χ4v) is 4.50. The minimum atomic E-state index is -1.05. The van der Waals surface area contributed by atoms with Gasteiger partial charge in [0.05, 0.1) is 46.5 Å². The lowest BCUT2D eigenvalue weighted by molar-refractivity contribution is 0.394. The molecule has 1 aliphatic rings. The number of nitrogens with one attached hydrogen (secondary N) is 3. The van der Waals surface area contributed by atoms with Crippen LogP contribution in [0.3, 0.4) is 0 Å². The van der Waals surface area contributed by atoms with Gasteiger partial charge in [-0.05, 0) is 80.5 Å². The standard InChI is InChI=1S/C27H29F2N7/c1-27(2,15-30)17-11-21(28)25(22(29)12-17)23(32)7-6-19-13-34-26(35-19)36-24-14-33-9-8-20(24)16-4-3-5-18(31)10-16/h6-9,11-14,16,18,32H,3-5,10,31H2,1-2H3,(H2,34,35,36)/b7-6-,32-23?. The predicted octanol–water partition coefficient (Wildman–Crippen LogP) is 5.69. The van der Waals surface area contributed by atoms with Crippen LogP contribution in [0.4, 0.5) is 20.4 Å². The Morgan fingerprint density at radius 3 is 2.72 bits per heavy atom. The van der Waals surface area contributed by atoms with Gasteiger partial charge in [0.25, 0.3) is 0 Å². The van der Waals surface area contributed by atoms with Gasteiger partial charge in [0.15, 0.2) is 0 Å². The Kier molecular flexibility index (Phi) is 7.27. The van der Waals surface area contributed by atoms with Crippen LogP contribution in [-0.4, -0.2) is 26.7 Å². The first-order valence-corrected chi connectivity index (χ1v) is 11.9. The van der Waals surface area contributed by atoms with Crippen LogP contribution in [0.25, 0.3) is 6.08 Å². The van der Waals surface area contributed by atoms with E-state index < -0.39 is 22.6 Å². The second-order valence-electron chi connectivity index (χ2n) is 9.70. The van der Waals surface area contributed by atoms with Crippen LogP contribution < -0.4 is 11.1 Å². The van der Waals surface area contributed by atoms with E-state index in [0.29, 0.717) is 17.6 Å². The Hall–Kier alpha value is -3.90. The first kappa shape index (κ1) is 25.2. The topological polar surface area (TPSA) is 127 Å². The summed E-state index contributed by atoms with van der Waals surface area (Å²) in [4.78, 5) is 11.7. The summed E-state index contributed by atoms with van der Waals surface area (Å²) in [7, 11) is 0. The molecule has 7 nitrogen and oxygen atoms in total. The number of halogens is 2. The average Bonchev–Trinajstić information content (AvgIpc) is 3.30. The van der Waals surface area contributed by atoms with Crippen molar-refractivity contribution < 1.29 is 8.78 Å². The van der Waals surface area contributed by atoms with Crippen molar-refractivity contribution in [3.63, 3.8) is 0 Å². The number of benzene rings is 1.